The van der Waals surface area contributed by atoms with Gasteiger partial charge in [0.05, 0.1) is 6.54 Å². The molecule has 2 fully saturated rings. The van der Waals surface area contributed by atoms with Crippen LogP contribution in [0.4, 0.5) is 0 Å². The quantitative estimate of drug-likeness (QED) is 0.339. The minimum atomic E-state index is -0.0298. The minimum Gasteiger partial charge on any atom is -0.486 e. The van der Waals surface area contributed by atoms with Crippen LogP contribution in [0.15, 0.2) is 29.3 Å². The molecule has 0 radical (unpaired) electrons. The van der Waals surface area contributed by atoms with Gasteiger partial charge in [0.25, 0.3) is 0 Å². The van der Waals surface area contributed by atoms with Crippen molar-refractivity contribution in [3.63, 3.8) is 0 Å². The summed E-state index contributed by atoms with van der Waals surface area (Å²) in [4.78, 5) is 9.66. The Morgan fingerprint density at radius 2 is 1.77 bits per heavy atom. The summed E-state index contributed by atoms with van der Waals surface area (Å²) in [5.74, 6) is 2.48. The summed E-state index contributed by atoms with van der Waals surface area (Å²) < 4.78 is 11.9. The minimum absolute atomic E-state index is 0. The third-order valence-electron chi connectivity index (χ3n) is 6.82. The Kier molecular flexibility index (Phi) is 9.09. The zero-order valence-electron chi connectivity index (χ0n) is 18.9. The maximum Gasteiger partial charge on any atom is 0.191 e. The number of benzene rings is 1. The van der Waals surface area contributed by atoms with E-state index in [1.165, 1.54) is 45.2 Å². The fraction of sp³-hybridized carbons (Fsp3) is 0.696. The first-order chi connectivity index (χ1) is 14.7. The van der Waals surface area contributed by atoms with Gasteiger partial charge in [-0.3, -0.25) is 9.89 Å². The normalized spacial score (nSPS) is 24.2. The van der Waals surface area contributed by atoms with Gasteiger partial charge in [0.1, 0.15) is 12.7 Å². The number of fused-ring (bicyclic) bond motifs is 1. The number of guanidine groups is 1. The summed E-state index contributed by atoms with van der Waals surface area (Å²) in [6, 6.07) is 7.84. The molecule has 8 heteroatoms. The van der Waals surface area contributed by atoms with Crippen molar-refractivity contribution in [3.05, 3.63) is 24.3 Å². The Labute approximate surface area is 204 Å². The van der Waals surface area contributed by atoms with Crippen molar-refractivity contribution in [2.24, 2.45) is 4.99 Å². The molecular formula is C23H38IN5O2. The molecule has 0 spiro atoms. The van der Waals surface area contributed by atoms with Crippen molar-refractivity contribution in [3.8, 4) is 11.5 Å². The van der Waals surface area contributed by atoms with Gasteiger partial charge in [0.2, 0.25) is 0 Å². The molecule has 1 aromatic rings. The lowest BCUT2D eigenvalue weighted by molar-refractivity contribution is 0.0172. The van der Waals surface area contributed by atoms with Gasteiger partial charge in [0.15, 0.2) is 17.5 Å². The highest BCUT2D eigenvalue weighted by Crippen LogP contribution is 2.31. The van der Waals surface area contributed by atoms with Crippen LogP contribution in [0.5, 0.6) is 11.5 Å². The molecule has 1 aromatic carbocycles. The molecule has 1 atom stereocenters. The van der Waals surface area contributed by atoms with Crippen molar-refractivity contribution in [2.45, 2.75) is 43.7 Å². The highest BCUT2D eigenvalue weighted by Gasteiger charge is 2.39. The van der Waals surface area contributed by atoms with Crippen LogP contribution in [-0.4, -0.2) is 87.4 Å². The van der Waals surface area contributed by atoms with Crippen LogP contribution in [0.3, 0.4) is 0 Å². The predicted octanol–water partition coefficient (Wildman–Crippen LogP) is 2.56. The standard InChI is InChI=1S/C23H37N5O2.HI/c1-24-22(25-16-19-17-29-20-8-4-5-9-21(20)30-19)26-18-23(10-14-27(2)15-11-23)28-12-6-3-7-13-28;/h4-5,8-9,19H,3,6-7,10-18H2,1-2H3,(H2,24,25,26);1H. The van der Waals surface area contributed by atoms with Crippen LogP contribution in [0, 0.1) is 0 Å². The summed E-state index contributed by atoms with van der Waals surface area (Å²) in [6.45, 7) is 6.92. The second kappa shape index (κ2) is 11.6. The van der Waals surface area contributed by atoms with Gasteiger partial charge in [-0.05, 0) is 71.0 Å². The molecule has 0 bridgehead atoms. The molecule has 1 unspecified atom stereocenters. The van der Waals surface area contributed by atoms with E-state index in [9.17, 15) is 0 Å². The number of para-hydroxylation sites is 2. The highest BCUT2D eigenvalue weighted by molar-refractivity contribution is 14.0. The summed E-state index contributed by atoms with van der Waals surface area (Å²) in [5, 5.41) is 7.08. The third kappa shape index (κ3) is 6.16. The third-order valence-corrected chi connectivity index (χ3v) is 6.82. The van der Waals surface area contributed by atoms with Crippen molar-refractivity contribution >= 4 is 29.9 Å². The molecule has 7 nitrogen and oxygen atoms in total. The number of nitrogens with zero attached hydrogens (tertiary/aromatic N) is 3. The number of rotatable bonds is 5. The number of hydrogen-bond acceptors (Lipinski definition) is 5. The first-order valence-corrected chi connectivity index (χ1v) is 11.5. The van der Waals surface area contributed by atoms with E-state index in [0.29, 0.717) is 13.2 Å². The molecule has 3 aliphatic heterocycles. The lowest BCUT2D eigenvalue weighted by Crippen LogP contribution is -2.62. The molecule has 2 saturated heterocycles. The summed E-state index contributed by atoms with van der Waals surface area (Å²) in [5.41, 5.74) is 0.230. The molecule has 174 valence electrons. The molecule has 0 amide bonds. The molecule has 31 heavy (non-hydrogen) atoms. The van der Waals surface area contributed by atoms with E-state index in [1.807, 2.05) is 31.3 Å². The molecular weight excluding hydrogens is 505 g/mol. The molecule has 0 aromatic heterocycles. The van der Waals surface area contributed by atoms with Crippen molar-refractivity contribution < 1.29 is 9.47 Å². The molecule has 0 aliphatic carbocycles. The number of nitrogens with one attached hydrogen (secondary N) is 2. The molecule has 3 aliphatic rings. The fourth-order valence-electron chi connectivity index (χ4n) is 4.85. The average Bonchev–Trinajstić information content (AvgIpc) is 2.81. The number of piperidine rings is 2. The lowest BCUT2D eigenvalue weighted by atomic mass is 9.84. The van der Waals surface area contributed by atoms with Crippen molar-refractivity contribution in [1.82, 2.24) is 20.4 Å². The van der Waals surface area contributed by atoms with Crippen LogP contribution < -0.4 is 20.1 Å². The van der Waals surface area contributed by atoms with E-state index in [0.717, 1.165) is 37.1 Å². The van der Waals surface area contributed by atoms with E-state index >= 15 is 0 Å². The number of aliphatic imine (C=N–C) groups is 1. The van der Waals surface area contributed by atoms with E-state index in [2.05, 4.69) is 32.5 Å². The van der Waals surface area contributed by atoms with Crippen LogP contribution in [0.1, 0.15) is 32.1 Å². The van der Waals surface area contributed by atoms with Gasteiger partial charge in [-0.2, -0.15) is 0 Å². The van der Waals surface area contributed by atoms with Crippen LogP contribution in [-0.2, 0) is 0 Å². The van der Waals surface area contributed by atoms with Gasteiger partial charge in [-0.15, -0.1) is 24.0 Å². The van der Waals surface area contributed by atoms with E-state index in [-0.39, 0.29) is 35.6 Å². The first kappa shape index (κ1) is 24.4. The number of hydrogen-bond donors (Lipinski definition) is 2. The van der Waals surface area contributed by atoms with Crippen LogP contribution >= 0.6 is 24.0 Å². The largest absolute Gasteiger partial charge is 0.486 e. The SMILES string of the molecule is CN=C(NCC1COc2ccccc2O1)NCC1(N2CCCCC2)CCN(C)CC1.I. The maximum atomic E-state index is 6.06. The number of halogens is 1. The molecule has 3 heterocycles. The maximum absolute atomic E-state index is 6.06. The van der Waals surface area contributed by atoms with Crippen molar-refractivity contribution in [1.29, 1.82) is 0 Å². The Hall–Kier alpha value is -1.26. The summed E-state index contributed by atoms with van der Waals surface area (Å²) >= 11 is 0. The Bertz CT molecular complexity index is 718. The summed E-state index contributed by atoms with van der Waals surface area (Å²) in [6.07, 6.45) is 6.41. The average molecular weight is 543 g/mol. The van der Waals surface area contributed by atoms with E-state index in [1.54, 1.807) is 0 Å². The summed E-state index contributed by atoms with van der Waals surface area (Å²) in [7, 11) is 4.07. The monoisotopic (exact) mass is 543 g/mol. The fourth-order valence-corrected chi connectivity index (χ4v) is 4.85. The Morgan fingerprint density at radius 3 is 2.48 bits per heavy atom. The van der Waals surface area contributed by atoms with Gasteiger partial charge < -0.3 is 25.0 Å². The van der Waals surface area contributed by atoms with Crippen LogP contribution in [0.2, 0.25) is 0 Å². The van der Waals surface area contributed by atoms with Crippen molar-refractivity contribution in [2.75, 3.05) is 60.0 Å². The zero-order chi connectivity index (χ0) is 20.8. The van der Waals surface area contributed by atoms with E-state index in [4.69, 9.17) is 9.47 Å². The van der Waals surface area contributed by atoms with Gasteiger partial charge in [-0.1, -0.05) is 18.6 Å². The first-order valence-electron chi connectivity index (χ1n) is 11.5. The van der Waals surface area contributed by atoms with Gasteiger partial charge in [0, 0.05) is 19.1 Å². The lowest BCUT2D eigenvalue weighted by Gasteiger charge is -2.50. The van der Waals surface area contributed by atoms with Gasteiger partial charge in [-0.25, -0.2) is 0 Å². The highest BCUT2D eigenvalue weighted by atomic mass is 127. The van der Waals surface area contributed by atoms with E-state index < -0.39 is 0 Å². The van der Waals surface area contributed by atoms with Crippen LogP contribution in [0.25, 0.3) is 0 Å². The molecule has 2 N–H and O–H groups in total. The Morgan fingerprint density at radius 1 is 1.06 bits per heavy atom. The molecule has 0 saturated carbocycles. The number of ether oxygens (including phenoxy) is 2. The van der Waals surface area contributed by atoms with Gasteiger partial charge >= 0.3 is 0 Å². The number of likely N-dealkylation sites (tertiary alicyclic amines) is 2. The Balaban J connectivity index is 0.00000272. The smallest absolute Gasteiger partial charge is 0.191 e. The topological polar surface area (TPSA) is 61.4 Å². The predicted molar refractivity (Wildman–Crippen MR) is 136 cm³/mol. The molecule has 4 rings (SSSR count). The second-order valence-corrected chi connectivity index (χ2v) is 8.88. The second-order valence-electron chi connectivity index (χ2n) is 8.88. The zero-order valence-corrected chi connectivity index (χ0v) is 21.3.